The Bertz CT molecular complexity index is 1490. The number of rotatable bonds is 17. The van der Waals surface area contributed by atoms with Crippen molar-refractivity contribution in [1.29, 1.82) is 0 Å². The third-order valence-corrected chi connectivity index (χ3v) is 8.35. The Morgan fingerprint density at radius 3 is 1.98 bits per heavy atom. The summed E-state index contributed by atoms with van der Waals surface area (Å²) in [5.41, 5.74) is 9.29. The molecule has 0 radical (unpaired) electrons. The predicted molar refractivity (Wildman–Crippen MR) is 196 cm³/mol. The summed E-state index contributed by atoms with van der Waals surface area (Å²) in [6.45, 7) is 13.7. The van der Waals surface area contributed by atoms with E-state index in [9.17, 15) is 19.5 Å². The van der Waals surface area contributed by atoms with E-state index in [1.54, 1.807) is 0 Å². The molecule has 3 rings (SSSR count). The number of aliphatic hydroxyl groups is 1. The number of nitrogens with two attached hydrogens (primary N) is 1. The molecule has 0 aliphatic heterocycles. The number of carbonyl (C=O) groups is 3. The van der Waals surface area contributed by atoms with E-state index in [1.807, 2.05) is 133 Å². The van der Waals surface area contributed by atoms with Crippen molar-refractivity contribution < 1.29 is 29.0 Å². The number of aliphatic hydroxyl groups excluding tert-OH is 1. The molecule has 3 aromatic carbocycles. The van der Waals surface area contributed by atoms with Gasteiger partial charge in [0.25, 0.3) is 0 Å². The van der Waals surface area contributed by atoms with Gasteiger partial charge in [-0.15, -0.1) is 0 Å². The molecule has 272 valence electrons. The van der Waals surface area contributed by atoms with Crippen LogP contribution in [-0.4, -0.2) is 53.4 Å². The zero-order valence-electron chi connectivity index (χ0n) is 30.5. The maximum atomic E-state index is 13.5. The Labute approximate surface area is 297 Å². The molecule has 4 unspecified atom stereocenters. The molecule has 0 aliphatic carbocycles. The van der Waals surface area contributed by atoms with Crippen LogP contribution in [-0.2, 0) is 32.2 Å². The van der Waals surface area contributed by atoms with Crippen LogP contribution in [0.2, 0.25) is 0 Å². The van der Waals surface area contributed by atoms with E-state index in [1.165, 1.54) is 0 Å². The molecule has 50 heavy (non-hydrogen) atoms. The van der Waals surface area contributed by atoms with Crippen LogP contribution in [0.25, 0.3) is 0 Å². The smallest absolute Gasteiger partial charge is 0.408 e. The highest BCUT2D eigenvalue weighted by molar-refractivity contribution is 5.88. The fourth-order valence-electron chi connectivity index (χ4n) is 5.52. The van der Waals surface area contributed by atoms with Gasteiger partial charge in [-0.1, -0.05) is 113 Å². The first-order valence-corrected chi connectivity index (χ1v) is 17.4. The van der Waals surface area contributed by atoms with Gasteiger partial charge >= 0.3 is 6.09 Å². The zero-order valence-corrected chi connectivity index (χ0v) is 30.5. The molecular formula is C40H56N4O6. The minimum atomic E-state index is -1.01. The lowest BCUT2D eigenvalue weighted by atomic mass is 9.87. The van der Waals surface area contributed by atoms with Crippen molar-refractivity contribution in [2.75, 3.05) is 6.61 Å². The fraction of sp³-hybridized carbons (Fsp3) is 0.475. The minimum absolute atomic E-state index is 0.0621. The van der Waals surface area contributed by atoms with Crippen LogP contribution >= 0.6 is 0 Å². The number of hydrogen-bond acceptors (Lipinski definition) is 7. The molecule has 0 bridgehead atoms. The Morgan fingerprint density at radius 2 is 1.38 bits per heavy atom. The van der Waals surface area contributed by atoms with Crippen molar-refractivity contribution in [2.24, 2.45) is 23.5 Å². The number of nitrogens with one attached hydrogen (secondary N) is 3. The maximum absolute atomic E-state index is 13.5. The second-order valence-corrected chi connectivity index (χ2v) is 14.5. The number of hydrogen-bond donors (Lipinski definition) is 5. The average molecular weight is 689 g/mol. The Kier molecular flexibility index (Phi) is 15.4. The van der Waals surface area contributed by atoms with Crippen molar-refractivity contribution in [3.8, 4) is 0 Å². The molecule has 0 saturated heterocycles. The maximum Gasteiger partial charge on any atom is 0.408 e. The van der Waals surface area contributed by atoms with Gasteiger partial charge in [-0.3, -0.25) is 9.59 Å². The second-order valence-electron chi connectivity index (χ2n) is 14.5. The van der Waals surface area contributed by atoms with Gasteiger partial charge in [0.1, 0.15) is 11.6 Å². The van der Waals surface area contributed by atoms with E-state index < -0.39 is 41.8 Å². The van der Waals surface area contributed by atoms with Crippen molar-refractivity contribution >= 4 is 17.9 Å². The van der Waals surface area contributed by atoms with Gasteiger partial charge in [-0.05, 0) is 61.3 Å². The van der Waals surface area contributed by atoms with Crippen LogP contribution in [0.3, 0.4) is 0 Å². The van der Waals surface area contributed by atoms with Crippen LogP contribution < -0.4 is 21.7 Å². The lowest BCUT2D eigenvalue weighted by Gasteiger charge is -2.29. The highest BCUT2D eigenvalue weighted by Crippen LogP contribution is 2.25. The summed E-state index contributed by atoms with van der Waals surface area (Å²) >= 11 is 0. The van der Waals surface area contributed by atoms with Gasteiger partial charge in [0.15, 0.2) is 0 Å². The first-order valence-electron chi connectivity index (χ1n) is 17.4. The monoisotopic (exact) mass is 688 g/mol. The van der Waals surface area contributed by atoms with E-state index in [0.29, 0.717) is 6.54 Å². The Morgan fingerprint density at radius 1 is 0.780 bits per heavy atom. The van der Waals surface area contributed by atoms with Crippen molar-refractivity contribution in [3.63, 3.8) is 0 Å². The van der Waals surface area contributed by atoms with Gasteiger partial charge < -0.3 is 36.3 Å². The summed E-state index contributed by atoms with van der Waals surface area (Å²) in [6.07, 6.45) is -1.41. The van der Waals surface area contributed by atoms with Crippen molar-refractivity contribution in [3.05, 3.63) is 107 Å². The van der Waals surface area contributed by atoms with Gasteiger partial charge in [-0.25, -0.2) is 4.79 Å². The van der Waals surface area contributed by atoms with Gasteiger partial charge in [0.05, 0.1) is 31.4 Å². The number of benzene rings is 3. The quantitative estimate of drug-likeness (QED) is 0.123. The standard InChI is InChI=1S/C40H56N4O6/c1-26(2)32(37(46)43-35(27(3)4)38(47)42-23-28-15-10-8-11-16-28)22-34(45)33(41)25-49-24-29-17-14-20-31(21-29)36(30-18-12-9-13-19-30)44-39(48)50-40(5,6)7/h8-21,26-27,32-36,45H,22-25,41H2,1-7H3,(H,42,47)(H,43,46)(H,44,48)/t32-,33?,34?,35?,36?/m0/s1. The van der Waals surface area contributed by atoms with E-state index in [4.69, 9.17) is 15.2 Å². The molecule has 3 amide bonds. The van der Waals surface area contributed by atoms with Crippen LogP contribution in [0.1, 0.15) is 83.2 Å². The zero-order chi connectivity index (χ0) is 36.8. The summed E-state index contributed by atoms with van der Waals surface area (Å²) in [6, 6.07) is 25.0. The van der Waals surface area contributed by atoms with E-state index in [0.717, 1.165) is 22.3 Å². The van der Waals surface area contributed by atoms with Crippen molar-refractivity contribution in [1.82, 2.24) is 16.0 Å². The molecular weight excluding hydrogens is 632 g/mol. The number of carbonyl (C=O) groups excluding carboxylic acids is 3. The topological polar surface area (TPSA) is 152 Å². The largest absolute Gasteiger partial charge is 0.444 e. The lowest BCUT2D eigenvalue weighted by Crippen LogP contribution is -2.52. The van der Waals surface area contributed by atoms with Gasteiger partial charge in [0, 0.05) is 12.5 Å². The number of ether oxygens (including phenoxy) is 2. The molecule has 0 fully saturated rings. The average Bonchev–Trinajstić information content (AvgIpc) is 3.07. The fourth-order valence-corrected chi connectivity index (χ4v) is 5.52. The molecule has 0 aliphatic rings. The minimum Gasteiger partial charge on any atom is -0.444 e. The Balaban J connectivity index is 1.58. The van der Waals surface area contributed by atoms with Crippen LogP contribution in [0.4, 0.5) is 4.79 Å². The number of amides is 3. The second kappa shape index (κ2) is 19.2. The highest BCUT2D eigenvalue weighted by atomic mass is 16.6. The van der Waals surface area contributed by atoms with E-state index in [-0.39, 0.29) is 43.3 Å². The highest BCUT2D eigenvalue weighted by Gasteiger charge is 2.32. The summed E-state index contributed by atoms with van der Waals surface area (Å²) < 4.78 is 11.5. The first-order chi connectivity index (χ1) is 23.6. The van der Waals surface area contributed by atoms with Gasteiger partial charge in [0.2, 0.25) is 11.8 Å². The molecule has 5 atom stereocenters. The summed E-state index contributed by atoms with van der Waals surface area (Å²) in [5.74, 6) is -1.37. The summed E-state index contributed by atoms with van der Waals surface area (Å²) in [5, 5.41) is 19.9. The van der Waals surface area contributed by atoms with Crippen LogP contribution in [0, 0.1) is 17.8 Å². The third kappa shape index (κ3) is 13.2. The van der Waals surface area contributed by atoms with Crippen LogP contribution in [0.5, 0.6) is 0 Å². The van der Waals surface area contributed by atoms with Gasteiger partial charge in [-0.2, -0.15) is 0 Å². The molecule has 3 aromatic rings. The van der Waals surface area contributed by atoms with Crippen molar-refractivity contribution in [2.45, 2.75) is 97.9 Å². The molecule has 10 heteroatoms. The predicted octanol–water partition coefficient (Wildman–Crippen LogP) is 5.63. The third-order valence-electron chi connectivity index (χ3n) is 8.35. The number of alkyl carbamates (subject to hydrolysis) is 1. The van der Waals surface area contributed by atoms with E-state index in [2.05, 4.69) is 16.0 Å². The summed E-state index contributed by atoms with van der Waals surface area (Å²) in [4.78, 5) is 39.2. The Hall–Kier alpha value is -4.25. The first kappa shape index (κ1) is 40.2. The summed E-state index contributed by atoms with van der Waals surface area (Å²) in [7, 11) is 0. The lowest BCUT2D eigenvalue weighted by molar-refractivity contribution is -0.134. The normalized spacial score (nSPS) is 14.7. The molecule has 10 nitrogen and oxygen atoms in total. The SMILES string of the molecule is CC(C)C(NC(=O)[C@@H](CC(O)C(N)COCc1cccc(C(NC(=O)OC(C)(C)C)c2ccccc2)c1)C(C)C)C(=O)NCc1ccccc1. The van der Waals surface area contributed by atoms with Crippen LogP contribution in [0.15, 0.2) is 84.9 Å². The molecule has 6 N–H and O–H groups in total. The molecule has 0 spiro atoms. The molecule has 0 heterocycles. The molecule has 0 saturated carbocycles. The molecule has 0 aromatic heterocycles. The van der Waals surface area contributed by atoms with E-state index >= 15 is 0 Å².